The average molecular weight is 347 g/mol. The van der Waals surface area contributed by atoms with Gasteiger partial charge in [0, 0.05) is 33.5 Å². The van der Waals surface area contributed by atoms with Crippen molar-refractivity contribution in [2.45, 2.75) is 25.8 Å². The van der Waals surface area contributed by atoms with E-state index in [2.05, 4.69) is 5.32 Å². The summed E-state index contributed by atoms with van der Waals surface area (Å²) in [6.45, 7) is 2.52. The molecule has 0 bridgehead atoms. The highest BCUT2D eigenvalue weighted by Crippen LogP contribution is 2.20. The highest BCUT2D eigenvalue weighted by atomic mass is 16.5. The number of benzene rings is 1. The maximum Gasteiger partial charge on any atom is 0.244 e. The first kappa shape index (κ1) is 18.8. The number of para-hydroxylation sites is 1. The zero-order valence-electron chi connectivity index (χ0n) is 14.9. The van der Waals surface area contributed by atoms with E-state index in [0.717, 1.165) is 11.3 Å². The van der Waals surface area contributed by atoms with Crippen LogP contribution in [0.25, 0.3) is 0 Å². The summed E-state index contributed by atoms with van der Waals surface area (Å²) in [7, 11) is 3.13. The van der Waals surface area contributed by atoms with Crippen LogP contribution in [-0.2, 0) is 20.8 Å². The first-order valence-corrected chi connectivity index (χ1v) is 8.36. The highest BCUT2D eigenvalue weighted by molar-refractivity contribution is 5.89. The molecule has 0 radical (unpaired) electrons. The van der Waals surface area contributed by atoms with E-state index in [1.807, 2.05) is 24.3 Å². The van der Waals surface area contributed by atoms with Crippen molar-refractivity contribution in [1.82, 2.24) is 15.1 Å². The summed E-state index contributed by atoms with van der Waals surface area (Å²) >= 11 is 0. The molecule has 0 saturated carbocycles. The van der Waals surface area contributed by atoms with Crippen molar-refractivity contribution in [3.63, 3.8) is 0 Å². The van der Waals surface area contributed by atoms with Crippen molar-refractivity contribution in [3.05, 3.63) is 29.8 Å². The fourth-order valence-electron chi connectivity index (χ4n) is 3.05. The maximum atomic E-state index is 12.7. The van der Waals surface area contributed by atoms with Crippen LogP contribution in [0.2, 0.25) is 0 Å². The molecular formula is C18H25N3O4. The molecule has 0 aliphatic carbocycles. The number of piperazine rings is 1. The molecule has 1 heterocycles. The fourth-order valence-corrected chi connectivity index (χ4v) is 3.05. The summed E-state index contributed by atoms with van der Waals surface area (Å²) in [5.74, 6) is 0.314. The van der Waals surface area contributed by atoms with Crippen LogP contribution in [0.3, 0.4) is 0 Å². The van der Waals surface area contributed by atoms with E-state index >= 15 is 0 Å². The van der Waals surface area contributed by atoms with Crippen molar-refractivity contribution in [3.8, 4) is 5.75 Å². The number of amides is 3. The van der Waals surface area contributed by atoms with Gasteiger partial charge in [-0.2, -0.15) is 0 Å². The van der Waals surface area contributed by atoms with E-state index in [9.17, 15) is 14.4 Å². The Morgan fingerprint density at radius 3 is 2.60 bits per heavy atom. The summed E-state index contributed by atoms with van der Waals surface area (Å²) in [4.78, 5) is 39.6. The number of ether oxygens (including phenoxy) is 1. The maximum absolute atomic E-state index is 12.7. The summed E-state index contributed by atoms with van der Waals surface area (Å²) in [6, 6.07) is 6.93. The van der Waals surface area contributed by atoms with Gasteiger partial charge in [-0.15, -0.1) is 0 Å². The molecule has 1 aliphatic heterocycles. The van der Waals surface area contributed by atoms with E-state index in [4.69, 9.17) is 4.74 Å². The molecule has 1 aromatic rings. The largest absolute Gasteiger partial charge is 0.496 e. The van der Waals surface area contributed by atoms with Crippen LogP contribution in [0, 0.1) is 0 Å². The number of hydrogen-bond acceptors (Lipinski definition) is 4. The minimum atomic E-state index is -0.646. The lowest BCUT2D eigenvalue weighted by Crippen LogP contribution is -2.61. The summed E-state index contributed by atoms with van der Waals surface area (Å²) in [5.41, 5.74) is 0.956. The van der Waals surface area contributed by atoms with Gasteiger partial charge in [0.1, 0.15) is 11.8 Å². The average Bonchev–Trinajstić information content (AvgIpc) is 2.64. The molecule has 1 saturated heterocycles. The molecule has 1 fully saturated rings. The third-order valence-electron chi connectivity index (χ3n) is 4.50. The lowest BCUT2D eigenvalue weighted by Gasteiger charge is -2.40. The van der Waals surface area contributed by atoms with Gasteiger partial charge in [0.25, 0.3) is 0 Å². The molecule has 7 heteroatoms. The van der Waals surface area contributed by atoms with E-state index in [-0.39, 0.29) is 30.7 Å². The molecule has 1 aromatic carbocycles. The van der Waals surface area contributed by atoms with E-state index in [1.165, 1.54) is 14.0 Å². The number of methoxy groups -OCH3 is 1. The number of hydrogen-bond donors (Lipinski definition) is 1. The molecular weight excluding hydrogens is 322 g/mol. The molecule has 1 aliphatic rings. The monoisotopic (exact) mass is 347 g/mol. The highest BCUT2D eigenvalue weighted by Gasteiger charge is 2.35. The first-order chi connectivity index (χ1) is 12.0. The van der Waals surface area contributed by atoms with Crippen LogP contribution in [0.15, 0.2) is 24.3 Å². The van der Waals surface area contributed by atoms with Gasteiger partial charge >= 0.3 is 0 Å². The number of nitrogens with zero attached hydrogens (tertiary/aromatic N) is 2. The quantitative estimate of drug-likeness (QED) is 0.838. The Labute approximate surface area is 147 Å². The first-order valence-electron chi connectivity index (χ1n) is 8.36. The van der Waals surface area contributed by atoms with Gasteiger partial charge in [-0.25, -0.2) is 0 Å². The minimum absolute atomic E-state index is 0.0879. The van der Waals surface area contributed by atoms with Gasteiger partial charge in [-0.3, -0.25) is 14.4 Å². The minimum Gasteiger partial charge on any atom is -0.496 e. The van der Waals surface area contributed by atoms with Gasteiger partial charge in [-0.05, 0) is 18.1 Å². The number of carbonyl (C=O) groups is 3. The van der Waals surface area contributed by atoms with Gasteiger partial charge < -0.3 is 19.9 Å². The van der Waals surface area contributed by atoms with Crippen LogP contribution in [-0.4, -0.2) is 67.4 Å². The molecule has 0 spiro atoms. The molecule has 1 atom stereocenters. The third-order valence-corrected chi connectivity index (χ3v) is 4.50. The predicted molar refractivity (Wildman–Crippen MR) is 93.1 cm³/mol. The Hall–Kier alpha value is -2.57. The number of carbonyl (C=O) groups excluding carboxylic acids is 3. The number of rotatable bonds is 5. The zero-order chi connectivity index (χ0) is 18.4. The van der Waals surface area contributed by atoms with E-state index in [1.54, 1.807) is 16.9 Å². The molecule has 136 valence electrons. The van der Waals surface area contributed by atoms with Gasteiger partial charge in [0.05, 0.1) is 13.7 Å². The number of aryl methyl sites for hydroxylation is 1. The predicted octanol–water partition coefficient (Wildman–Crippen LogP) is 0.433. The molecule has 1 N–H and O–H groups in total. The molecule has 0 aromatic heterocycles. The van der Waals surface area contributed by atoms with Crippen molar-refractivity contribution < 1.29 is 19.1 Å². The molecule has 0 unspecified atom stereocenters. The van der Waals surface area contributed by atoms with Crippen molar-refractivity contribution in [2.75, 3.05) is 33.8 Å². The molecule has 3 amide bonds. The van der Waals surface area contributed by atoms with Gasteiger partial charge in [-0.1, -0.05) is 18.2 Å². The van der Waals surface area contributed by atoms with E-state index in [0.29, 0.717) is 19.5 Å². The molecule has 7 nitrogen and oxygen atoms in total. The topological polar surface area (TPSA) is 79.0 Å². The van der Waals surface area contributed by atoms with Crippen LogP contribution in [0.1, 0.15) is 18.9 Å². The smallest absolute Gasteiger partial charge is 0.244 e. The molecule has 2 rings (SSSR count). The van der Waals surface area contributed by atoms with E-state index < -0.39 is 6.04 Å². The Bertz CT molecular complexity index is 647. The van der Waals surface area contributed by atoms with Crippen molar-refractivity contribution in [1.29, 1.82) is 0 Å². The standard InChI is InChI=1S/C18H25N3O4/c1-13(22)20-10-11-21(15(12-20)18(24)19-2)17(23)9-8-14-6-4-5-7-16(14)25-3/h4-7,15H,8-12H2,1-3H3,(H,19,24)/t15-/m1/s1. The summed E-state index contributed by atoms with van der Waals surface area (Å²) in [6.07, 6.45) is 0.824. The molecule has 25 heavy (non-hydrogen) atoms. The van der Waals surface area contributed by atoms with Gasteiger partial charge in [0.2, 0.25) is 17.7 Å². The Morgan fingerprint density at radius 1 is 1.24 bits per heavy atom. The summed E-state index contributed by atoms with van der Waals surface area (Å²) in [5, 5.41) is 2.58. The Kier molecular flexibility index (Phi) is 6.38. The lowest BCUT2D eigenvalue weighted by atomic mass is 10.1. The second kappa shape index (κ2) is 8.50. The SMILES string of the molecule is CNC(=O)[C@H]1CN(C(C)=O)CCN1C(=O)CCc1ccccc1OC. The van der Waals surface area contributed by atoms with Crippen molar-refractivity contribution >= 4 is 17.7 Å². The Morgan fingerprint density at radius 2 is 1.96 bits per heavy atom. The van der Waals surface area contributed by atoms with Crippen LogP contribution >= 0.6 is 0 Å². The fraction of sp³-hybridized carbons (Fsp3) is 0.500. The van der Waals surface area contributed by atoms with Crippen molar-refractivity contribution in [2.24, 2.45) is 0 Å². The van der Waals surface area contributed by atoms with Crippen LogP contribution < -0.4 is 10.1 Å². The second-order valence-electron chi connectivity index (χ2n) is 5.99. The lowest BCUT2D eigenvalue weighted by molar-refractivity contribution is -0.147. The number of likely N-dealkylation sites (N-methyl/N-ethyl adjacent to an activating group) is 1. The summed E-state index contributed by atoms with van der Waals surface area (Å²) < 4.78 is 5.31. The van der Waals surface area contributed by atoms with Crippen LogP contribution in [0.4, 0.5) is 0 Å². The number of nitrogens with one attached hydrogen (secondary N) is 1. The third kappa shape index (κ3) is 4.49. The normalized spacial score (nSPS) is 17.2. The zero-order valence-corrected chi connectivity index (χ0v) is 14.9. The second-order valence-corrected chi connectivity index (χ2v) is 5.99. The van der Waals surface area contributed by atoms with Gasteiger partial charge in [0.15, 0.2) is 0 Å². The Balaban J connectivity index is 2.05. The van der Waals surface area contributed by atoms with Crippen LogP contribution in [0.5, 0.6) is 5.75 Å².